The predicted molar refractivity (Wildman–Crippen MR) is 106 cm³/mol. The van der Waals surface area contributed by atoms with Crippen LogP contribution in [0.2, 0.25) is 0 Å². The molecule has 1 aromatic carbocycles. The Kier molecular flexibility index (Phi) is 5.94. The van der Waals surface area contributed by atoms with Gasteiger partial charge in [0.15, 0.2) is 5.13 Å². The van der Waals surface area contributed by atoms with Crippen LogP contribution in [0, 0.1) is 12.8 Å². The molecule has 2 aromatic rings. The van der Waals surface area contributed by atoms with Gasteiger partial charge in [-0.05, 0) is 50.3 Å². The van der Waals surface area contributed by atoms with Crippen LogP contribution in [0.3, 0.4) is 0 Å². The fourth-order valence-electron chi connectivity index (χ4n) is 3.64. The van der Waals surface area contributed by atoms with Gasteiger partial charge < -0.3 is 9.80 Å². The maximum absolute atomic E-state index is 13.0. The lowest BCUT2D eigenvalue weighted by Crippen LogP contribution is -2.45. The second-order valence-corrected chi connectivity index (χ2v) is 8.09. The second-order valence-electron chi connectivity index (χ2n) is 7.08. The predicted octanol–water partition coefficient (Wildman–Crippen LogP) is 4.47. The van der Waals surface area contributed by atoms with Crippen LogP contribution in [0.15, 0.2) is 18.2 Å². The maximum atomic E-state index is 13.0. The van der Waals surface area contributed by atoms with Crippen molar-refractivity contribution >= 4 is 32.6 Å². The molecule has 1 aromatic heterocycles. The number of fused-ring (bicyclic) bond motifs is 1. The fourth-order valence-corrected chi connectivity index (χ4v) is 4.74. The van der Waals surface area contributed by atoms with E-state index in [4.69, 9.17) is 4.98 Å². The van der Waals surface area contributed by atoms with Crippen LogP contribution in [0.5, 0.6) is 0 Å². The summed E-state index contributed by atoms with van der Waals surface area (Å²) in [6.45, 7) is 9.97. The van der Waals surface area contributed by atoms with Gasteiger partial charge >= 0.3 is 0 Å². The molecule has 1 fully saturated rings. The lowest BCUT2D eigenvalue weighted by Gasteiger charge is -2.34. The molecule has 1 saturated heterocycles. The van der Waals surface area contributed by atoms with Gasteiger partial charge in [-0.2, -0.15) is 0 Å². The van der Waals surface area contributed by atoms with E-state index in [1.807, 2.05) is 0 Å². The molecule has 3 rings (SSSR count). The van der Waals surface area contributed by atoms with Crippen molar-refractivity contribution in [3.8, 4) is 0 Å². The van der Waals surface area contributed by atoms with Crippen molar-refractivity contribution in [1.82, 2.24) is 9.88 Å². The molecule has 5 heteroatoms. The number of carbonyl (C=O) groups excluding carboxylic acids is 1. The lowest BCUT2D eigenvalue weighted by atomic mass is 9.96. The largest absolute Gasteiger partial charge is 0.347 e. The highest BCUT2D eigenvalue weighted by Crippen LogP contribution is 2.32. The van der Waals surface area contributed by atoms with Crippen molar-refractivity contribution in [2.45, 2.75) is 46.5 Å². The zero-order valence-corrected chi connectivity index (χ0v) is 16.4. The van der Waals surface area contributed by atoms with Gasteiger partial charge in [-0.25, -0.2) is 4.98 Å². The molecular weight excluding hydrogens is 330 g/mol. The van der Waals surface area contributed by atoms with E-state index in [0.29, 0.717) is 5.91 Å². The molecule has 1 aliphatic rings. The number of aromatic nitrogens is 1. The Morgan fingerprint density at radius 1 is 1.32 bits per heavy atom. The van der Waals surface area contributed by atoms with E-state index in [-0.39, 0.29) is 5.92 Å². The summed E-state index contributed by atoms with van der Waals surface area (Å²) in [5.74, 6) is 0.450. The van der Waals surface area contributed by atoms with E-state index in [9.17, 15) is 4.79 Å². The van der Waals surface area contributed by atoms with Crippen LogP contribution in [-0.4, -0.2) is 42.0 Å². The van der Waals surface area contributed by atoms with Gasteiger partial charge in [0.25, 0.3) is 0 Å². The number of nitrogens with zero attached hydrogens (tertiary/aromatic N) is 3. The SMILES string of the molecule is CCCN(CCC)C(=O)C1CCCN(c2nc3ccc(C)cc3s2)C1. The summed E-state index contributed by atoms with van der Waals surface area (Å²) >= 11 is 1.75. The summed E-state index contributed by atoms with van der Waals surface area (Å²) in [6.07, 6.45) is 4.12. The summed E-state index contributed by atoms with van der Waals surface area (Å²) in [7, 11) is 0. The topological polar surface area (TPSA) is 36.4 Å². The first-order valence-electron chi connectivity index (χ1n) is 9.53. The monoisotopic (exact) mass is 359 g/mol. The number of hydrogen-bond acceptors (Lipinski definition) is 4. The number of piperidine rings is 1. The van der Waals surface area contributed by atoms with Crippen molar-refractivity contribution in [1.29, 1.82) is 0 Å². The number of hydrogen-bond donors (Lipinski definition) is 0. The van der Waals surface area contributed by atoms with Crippen LogP contribution in [0.1, 0.15) is 45.1 Å². The molecular formula is C20H29N3OS. The third-order valence-electron chi connectivity index (χ3n) is 4.87. The quantitative estimate of drug-likeness (QED) is 0.763. The Hall–Kier alpha value is -1.62. The van der Waals surface area contributed by atoms with Crippen molar-refractivity contribution in [2.75, 3.05) is 31.1 Å². The average Bonchev–Trinajstić information content (AvgIpc) is 3.04. The van der Waals surface area contributed by atoms with Gasteiger partial charge in [-0.15, -0.1) is 0 Å². The Labute approximate surface area is 154 Å². The molecule has 0 radical (unpaired) electrons. The third-order valence-corrected chi connectivity index (χ3v) is 5.95. The van der Waals surface area contributed by atoms with Crippen LogP contribution >= 0.6 is 11.3 Å². The highest BCUT2D eigenvalue weighted by atomic mass is 32.1. The van der Waals surface area contributed by atoms with Crippen LogP contribution in [-0.2, 0) is 4.79 Å². The maximum Gasteiger partial charge on any atom is 0.227 e. The minimum atomic E-state index is 0.112. The number of anilines is 1. The van der Waals surface area contributed by atoms with E-state index in [1.54, 1.807) is 11.3 Å². The van der Waals surface area contributed by atoms with Crippen molar-refractivity contribution in [3.63, 3.8) is 0 Å². The standard InChI is InChI=1S/C20H29N3OS/c1-4-10-22(11-5-2)19(24)16-7-6-12-23(14-16)20-21-17-9-8-15(3)13-18(17)25-20/h8-9,13,16H,4-7,10-12,14H2,1-3H3. The molecule has 25 heavy (non-hydrogen) atoms. The minimum absolute atomic E-state index is 0.112. The number of thiazole rings is 1. The van der Waals surface area contributed by atoms with Gasteiger partial charge in [0.2, 0.25) is 5.91 Å². The average molecular weight is 360 g/mol. The Morgan fingerprint density at radius 2 is 2.08 bits per heavy atom. The highest BCUT2D eigenvalue weighted by molar-refractivity contribution is 7.22. The molecule has 0 spiro atoms. The molecule has 1 aliphatic heterocycles. The summed E-state index contributed by atoms with van der Waals surface area (Å²) in [5.41, 5.74) is 2.34. The van der Waals surface area contributed by atoms with E-state index < -0.39 is 0 Å². The number of benzene rings is 1. The Balaban J connectivity index is 1.74. The normalized spacial score (nSPS) is 17.9. The van der Waals surface area contributed by atoms with Crippen LogP contribution in [0.4, 0.5) is 5.13 Å². The number of amides is 1. The summed E-state index contributed by atoms with van der Waals surface area (Å²) in [4.78, 5) is 22.1. The highest BCUT2D eigenvalue weighted by Gasteiger charge is 2.30. The van der Waals surface area contributed by atoms with Gasteiger partial charge in [0.05, 0.1) is 16.1 Å². The number of carbonyl (C=O) groups is 1. The first-order valence-corrected chi connectivity index (χ1v) is 10.3. The van der Waals surface area contributed by atoms with E-state index >= 15 is 0 Å². The molecule has 0 N–H and O–H groups in total. The molecule has 1 amide bonds. The second kappa shape index (κ2) is 8.17. The summed E-state index contributed by atoms with van der Waals surface area (Å²) < 4.78 is 1.24. The molecule has 0 aliphatic carbocycles. The van der Waals surface area contributed by atoms with Crippen LogP contribution in [0.25, 0.3) is 10.2 Å². The first-order chi connectivity index (χ1) is 12.1. The molecule has 0 saturated carbocycles. The zero-order chi connectivity index (χ0) is 17.8. The smallest absolute Gasteiger partial charge is 0.227 e. The van der Waals surface area contributed by atoms with E-state index in [0.717, 1.165) is 62.5 Å². The molecule has 0 bridgehead atoms. The number of rotatable bonds is 6. The van der Waals surface area contributed by atoms with Crippen molar-refractivity contribution < 1.29 is 4.79 Å². The summed E-state index contributed by atoms with van der Waals surface area (Å²) in [5, 5.41) is 1.07. The number of aryl methyl sites for hydroxylation is 1. The summed E-state index contributed by atoms with van der Waals surface area (Å²) in [6, 6.07) is 6.41. The van der Waals surface area contributed by atoms with Gasteiger partial charge in [-0.1, -0.05) is 31.3 Å². The zero-order valence-electron chi connectivity index (χ0n) is 15.6. The van der Waals surface area contributed by atoms with Crippen LogP contribution < -0.4 is 4.90 Å². The molecule has 4 nitrogen and oxygen atoms in total. The van der Waals surface area contributed by atoms with Gasteiger partial charge in [-0.3, -0.25) is 4.79 Å². The molecule has 136 valence electrons. The molecule has 1 unspecified atom stereocenters. The van der Waals surface area contributed by atoms with Crippen molar-refractivity contribution in [2.24, 2.45) is 5.92 Å². The van der Waals surface area contributed by atoms with Gasteiger partial charge in [0.1, 0.15) is 0 Å². The fraction of sp³-hybridized carbons (Fsp3) is 0.600. The Bertz CT molecular complexity index is 721. The van der Waals surface area contributed by atoms with Gasteiger partial charge in [0, 0.05) is 26.2 Å². The van der Waals surface area contributed by atoms with E-state index in [1.165, 1.54) is 10.3 Å². The Morgan fingerprint density at radius 3 is 2.80 bits per heavy atom. The first kappa shape index (κ1) is 18.2. The molecule has 2 heterocycles. The van der Waals surface area contributed by atoms with E-state index in [2.05, 4.69) is 48.8 Å². The lowest BCUT2D eigenvalue weighted by molar-refractivity contribution is -0.135. The molecule has 1 atom stereocenters. The van der Waals surface area contributed by atoms with Crippen molar-refractivity contribution in [3.05, 3.63) is 23.8 Å². The third kappa shape index (κ3) is 4.14. The minimum Gasteiger partial charge on any atom is -0.347 e.